The molecule has 1 aliphatic heterocycles. The van der Waals surface area contributed by atoms with Crippen LogP contribution in [0.4, 0.5) is 0 Å². The highest BCUT2D eigenvalue weighted by Gasteiger charge is 2.25. The van der Waals surface area contributed by atoms with Crippen LogP contribution in [0.15, 0.2) is 0 Å². The van der Waals surface area contributed by atoms with Crippen LogP contribution in [0.2, 0.25) is 0 Å². The molecule has 0 saturated carbocycles. The molecule has 11 heavy (non-hydrogen) atoms. The average molecular weight is 175 g/mol. The molecule has 0 aromatic rings. The molecule has 1 fully saturated rings. The Morgan fingerprint density at radius 3 is 2.82 bits per heavy atom. The first-order valence-corrected chi connectivity index (χ1v) is 3.84. The molecular formula is C8H15ClN2. The summed E-state index contributed by atoms with van der Waals surface area (Å²) in [6.45, 7) is 4.32. The third-order valence-corrected chi connectivity index (χ3v) is 2.19. The Hall–Kier alpha value is -0.260. The summed E-state index contributed by atoms with van der Waals surface area (Å²) in [6, 6.07) is 2.24. The molecule has 1 aliphatic rings. The van der Waals surface area contributed by atoms with Crippen LogP contribution >= 0.6 is 12.4 Å². The van der Waals surface area contributed by atoms with Crippen molar-refractivity contribution < 1.29 is 0 Å². The Bertz CT molecular complexity index is 145. The Kier molecular flexibility index (Phi) is 4.48. The molecule has 1 saturated heterocycles. The summed E-state index contributed by atoms with van der Waals surface area (Å²) in [7, 11) is 0. The molecule has 1 atom stereocenters. The number of hydrogen-bond donors (Lipinski definition) is 1. The van der Waals surface area contributed by atoms with Gasteiger partial charge in [0.05, 0.1) is 6.07 Å². The average Bonchev–Trinajstić information content (AvgIpc) is 1.89. The first kappa shape index (κ1) is 10.7. The van der Waals surface area contributed by atoms with Gasteiger partial charge in [-0.05, 0) is 24.8 Å². The van der Waals surface area contributed by atoms with Crippen LogP contribution < -0.4 is 5.32 Å². The molecule has 0 aliphatic carbocycles. The van der Waals surface area contributed by atoms with Gasteiger partial charge in [0.1, 0.15) is 0 Å². The predicted octanol–water partition coefficient (Wildman–Crippen LogP) is 1.71. The van der Waals surface area contributed by atoms with E-state index in [1.807, 2.05) is 0 Å². The zero-order chi connectivity index (χ0) is 7.45. The molecular weight excluding hydrogens is 160 g/mol. The van der Waals surface area contributed by atoms with Crippen LogP contribution in [-0.4, -0.2) is 13.1 Å². The van der Waals surface area contributed by atoms with E-state index in [1.54, 1.807) is 0 Å². The molecule has 1 rings (SSSR count). The van der Waals surface area contributed by atoms with Crippen molar-refractivity contribution in [2.75, 3.05) is 13.1 Å². The minimum Gasteiger partial charge on any atom is -0.316 e. The highest BCUT2D eigenvalue weighted by Crippen LogP contribution is 2.28. The van der Waals surface area contributed by atoms with Gasteiger partial charge in [0.2, 0.25) is 0 Å². The van der Waals surface area contributed by atoms with Crippen molar-refractivity contribution in [2.45, 2.75) is 26.2 Å². The molecule has 0 radical (unpaired) electrons. The monoisotopic (exact) mass is 174 g/mol. The Morgan fingerprint density at radius 1 is 1.64 bits per heavy atom. The topological polar surface area (TPSA) is 35.8 Å². The van der Waals surface area contributed by atoms with Crippen molar-refractivity contribution in [3.8, 4) is 6.07 Å². The fraction of sp³-hybridized carbons (Fsp3) is 0.875. The van der Waals surface area contributed by atoms with Gasteiger partial charge < -0.3 is 5.32 Å². The van der Waals surface area contributed by atoms with Crippen molar-refractivity contribution in [1.82, 2.24) is 5.32 Å². The molecule has 1 heterocycles. The third kappa shape index (κ3) is 3.09. The molecule has 0 spiro atoms. The quantitative estimate of drug-likeness (QED) is 0.657. The van der Waals surface area contributed by atoms with Gasteiger partial charge in [-0.1, -0.05) is 6.92 Å². The summed E-state index contributed by atoms with van der Waals surface area (Å²) >= 11 is 0. The maximum atomic E-state index is 8.51. The van der Waals surface area contributed by atoms with Gasteiger partial charge in [-0.3, -0.25) is 0 Å². The number of hydrogen-bond acceptors (Lipinski definition) is 2. The van der Waals surface area contributed by atoms with E-state index in [-0.39, 0.29) is 17.8 Å². The van der Waals surface area contributed by atoms with Crippen LogP contribution in [0.5, 0.6) is 0 Å². The second-order valence-electron chi connectivity index (χ2n) is 3.43. The lowest BCUT2D eigenvalue weighted by molar-refractivity contribution is 0.242. The van der Waals surface area contributed by atoms with Gasteiger partial charge in [0.15, 0.2) is 0 Å². The fourth-order valence-electron chi connectivity index (χ4n) is 1.46. The molecule has 0 bridgehead atoms. The third-order valence-electron chi connectivity index (χ3n) is 2.19. The second-order valence-corrected chi connectivity index (χ2v) is 3.43. The first-order chi connectivity index (χ1) is 4.77. The first-order valence-electron chi connectivity index (χ1n) is 3.84. The molecule has 0 aromatic heterocycles. The normalized spacial score (nSPS) is 30.2. The maximum absolute atomic E-state index is 8.51. The Morgan fingerprint density at radius 2 is 2.36 bits per heavy atom. The van der Waals surface area contributed by atoms with Crippen molar-refractivity contribution in [3.63, 3.8) is 0 Å². The number of nitriles is 1. The highest BCUT2D eigenvalue weighted by atomic mass is 35.5. The molecule has 0 aromatic carbocycles. The van der Waals surface area contributed by atoms with E-state index in [0.717, 1.165) is 13.1 Å². The smallest absolute Gasteiger partial charge is 0.0627 e. The molecule has 1 N–H and O–H groups in total. The molecule has 0 amide bonds. The summed E-state index contributed by atoms with van der Waals surface area (Å²) in [4.78, 5) is 0. The highest BCUT2D eigenvalue weighted by molar-refractivity contribution is 5.85. The van der Waals surface area contributed by atoms with Crippen molar-refractivity contribution >= 4 is 12.4 Å². The van der Waals surface area contributed by atoms with Crippen LogP contribution in [0, 0.1) is 16.7 Å². The van der Waals surface area contributed by atoms with Gasteiger partial charge in [0, 0.05) is 13.0 Å². The SMILES string of the molecule is C[C@@]1(CC#N)CCCNC1.Cl. The lowest BCUT2D eigenvalue weighted by atomic mass is 9.80. The molecule has 3 heteroatoms. The Balaban J connectivity index is 0.000001000. The van der Waals surface area contributed by atoms with Crippen LogP contribution in [-0.2, 0) is 0 Å². The zero-order valence-corrected chi connectivity index (χ0v) is 7.71. The van der Waals surface area contributed by atoms with E-state index in [1.165, 1.54) is 12.8 Å². The number of nitrogens with one attached hydrogen (secondary N) is 1. The van der Waals surface area contributed by atoms with E-state index in [0.29, 0.717) is 6.42 Å². The minimum absolute atomic E-state index is 0. The van der Waals surface area contributed by atoms with E-state index in [4.69, 9.17) is 5.26 Å². The van der Waals surface area contributed by atoms with Crippen molar-refractivity contribution in [1.29, 1.82) is 5.26 Å². The standard InChI is InChI=1S/C8H14N2.ClH/c1-8(4-5-9)3-2-6-10-7-8;/h10H,2-4,6-7H2,1H3;1H/t8-;/m0./s1. The zero-order valence-electron chi connectivity index (χ0n) is 6.89. The van der Waals surface area contributed by atoms with Crippen LogP contribution in [0.1, 0.15) is 26.2 Å². The summed E-state index contributed by atoms with van der Waals surface area (Å²) in [5, 5.41) is 11.8. The summed E-state index contributed by atoms with van der Waals surface area (Å²) in [6.07, 6.45) is 3.12. The largest absolute Gasteiger partial charge is 0.316 e. The molecule has 64 valence electrons. The van der Waals surface area contributed by atoms with E-state index < -0.39 is 0 Å². The summed E-state index contributed by atoms with van der Waals surface area (Å²) in [5.41, 5.74) is 0.257. The second kappa shape index (κ2) is 4.58. The van der Waals surface area contributed by atoms with Crippen LogP contribution in [0.25, 0.3) is 0 Å². The Labute approximate surface area is 74.4 Å². The van der Waals surface area contributed by atoms with E-state index in [9.17, 15) is 0 Å². The number of rotatable bonds is 1. The lowest BCUT2D eigenvalue weighted by Gasteiger charge is -2.31. The minimum atomic E-state index is 0. The molecule has 2 nitrogen and oxygen atoms in total. The van der Waals surface area contributed by atoms with Crippen molar-refractivity contribution in [3.05, 3.63) is 0 Å². The van der Waals surface area contributed by atoms with Gasteiger partial charge in [-0.15, -0.1) is 12.4 Å². The molecule has 0 unspecified atom stereocenters. The summed E-state index contributed by atoms with van der Waals surface area (Å²) in [5.74, 6) is 0. The van der Waals surface area contributed by atoms with Crippen molar-refractivity contribution in [2.24, 2.45) is 5.41 Å². The van der Waals surface area contributed by atoms with Gasteiger partial charge in [0.25, 0.3) is 0 Å². The van der Waals surface area contributed by atoms with Gasteiger partial charge in [-0.2, -0.15) is 5.26 Å². The predicted molar refractivity (Wildman–Crippen MR) is 47.7 cm³/mol. The van der Waals surface area contributed by atoms with E-state index >= 15 is 0 Å². The summed E-state index contributed by atoms with van der Waals surface area (Å²) < 4.78 is 0. The number of nitrogens with zero attached hydrogens (tertiary/aromatic N) is 1. The van der Waals surface area contributed by atoms with Gasteiger partial charge >= 0.3 is 0 Å². The fourth-order valence-corrected chi connectivity index (χ4v) is 1.46. The number of piperidine rings is 1. The van der Waals surface area contributed by atoms with Gasteiger partial charge in [-0.25, -0.2) is 0 Å². The maximum Gasteiger partial charge on any atom is 0.0627 e. The lowest BCUT2D eigenvalue weighted by Crippen LogP contribution is -2.37. The van der Waals surface area contributed by atoms with Crippen LogP contribution in [0.3, 0.4) is 0 Å². The van der Waals surface area contributed by atoms with E-state index in [2.05, 4.69) is 18.3 Å². The number of halogens is 1.